The van der Waals surface area contributed by atoms with Gasteiger partial charge in [-0.3, -0.25) is 9.69 Å². The number of carbonyl (C=O) groups is 1. The number of piperidine rings is 1. The van der Waals surface area contributed by atoms with Crippen molar-refractivity contribution in [2.24, 2.45) is 0 Å². The van der Waals surface area contributed by atoms with E-state index in [0.717, 1.165) is 29.5 Å². The molecule has 3 aromatic rings. The highest BCUT2D eigenvalue weighted by Crippen LogP contribution is 2.44. The molecule has 3 aromatic carbocycles. The first-order valence-corrected chi connectivity index (χ1v) is 12.6. The summed E-state index contributed by atoms with van der Waals surface area (Å²) >= 11 is 0. The molecular weight excluding hydrogens is 486 g/mol. The summed E-state index contributed by atoms with van der Waals surface area (Å²) in [7, 11) is 6.30. The zero-order valence-electron chi connectivity index (χ0n) is 22.3. The van der Waals surface area contributed by atoms with Crippen LogP contribution >= 0.6 is 0 Å². The van der Waals surface area contributed by atoms with Crippen molar-refractivity contribution in [1.82, 2.24) is 4.90 Å². The van der Waals surface area contributed by atoms with Gasteiger partial charge in [-0.25, -0.2) is 0 Å². The molecule has 0 aliphatic carbocycles. The second-order valence-corrected chi connectivity index (χ2v) is 9.13. The molecule has 1 aliphatic heterocycles. The van der Waals surface area contributed by atoms with E-state index < -0.39 is 18.1 Å². The molecule has 38 heavy (non-hydrogen) atoms. The number of hydrogen-bond donors (Lipinski definition) is 1. The molecule has 8 heteroatoms. The average molecular weight is 522 g/mol. The van der Waals surface area contributed by atoms with Crippen LogP contribution in [0.1, 0.15) is 42.0 Å². The van der Waals surface area contributed by atoms with E-state index in [2.05, 4.69) is 0 Å². The fourth-order valence-electron chi connectivity index (χ4n) is 5.07. The lowest BCUT2D eigenvalue weighted by molar-refractivity contribution is -0.145. The molecule has 0 spiro atoms. The maximum absolute atomic E-state index is 12.3. The maximum Gasteiger partial charge on any atom is 0.320 e. The largest absolute Gasteiger partial charge is 0.493 e. The predicted molar refractivity (Wildman–Crippen MR) is 144 cm³/mol. The maximum atomic E-state index is 12.3. The van der Waals surface area contributed by atoms with Crippen LogP contribution in [0.4, 0.5) is 0 Å². The highest BCUT2D eigenvalue weighted by Gasteiger charge is 2.36. The van der Waals surface area contributed by atoms with Crippen molar-refractivity contribution < 1.29 is 33.6 Å². The first-order chi connectivity index (χ1) is 18.5. The van der Waals surface area contributed by atoms with E-state index in [1.165, 1.54) is 0 Å². The number of carboxylic acids is 1. The van der Waals surface area contributed by atoms with E-state index in [9.17, 15) is 9.90 Å². The molecule has 0 amide bonds. The minimum absolute atomic E-state index is 0.401. The summed E-state index contributed by atoms with van der Waals surface area (Å²) in [6, 6.07) is 18.4. The Labute approximate surface area is 223 Å². The van der Waals surface area contributed by atoms with Gasteiger partial charge in [0, 0.05) is 0 Å². The van der Waals surface area contributed by atoms with Crippen molar-refractivity contribution in [3.63, 3.8) is 0 Å². The molecule has 2 atom stereocenters. The second-order valence-electron chi connectivity index (χ2n) is 9.13. The molecule has 4 rings (SSSR count). The molecule has 8 nitrogen and oxygen atoms in total. The Morgan fingerprint density at radius 2 is 1.50 bits per heavy atom. The van der Waals surface area contributed by atoms with E-state index in [-0.39, 0.29) is 0 Å². The number of benzene rings is 3. The molecular formula is C30H35NO7. The van der Waals surface area contributed by atoms with Gasteiger partial charge in [-0.05, 0) is 60.3 Å². The lowest BCUT2D eigenvalue weighted by Crippen LogP contribution is -2.46. The Hall–Kier alpha value is -3.91. The lowest BCUT2D eigenvalue weighted by atomic mass is 9.91. The summed E-state index contributed by atoms with van der Waals surface area (Å²) in [6.07, 6.45) is 2.34. The molecule has 2 unspecified atom stereocenters. The fraction of sp³-hybridized carbons (Fsp3) is 0.367. The number of methoxy groups -OCH3 is 4. The van der Waals surface area contributed by atoms with Crippen LogP contribution in [-0.2, 0) is 11.4 Å². The molecule has 1 fully saturated rings. The number of rotatable bonds is 11. The van der Waals surface area contributed by atoms with E-state index in [1.807, 2.05) is 65.6 Å². The van der Waals surface area contributed by atoms with Crippen LogP contribution in [0.3, 0.4) is 0 Å². The van der Waals surface area contributed by atoms with Crippen LogP contribution in [0.5, 0.6) is 28.7 Å². The van der Waals surface area contributed by atoms with Gasteiger partial charge in [0.1, 0.15) is 12.6 Å². The molecule has 1 saturated heterocycles. The number of ether oxygens (including phenoxy) is 5. The number of aliphatic carboxylic acids is 1. The molecule has 0 radical (unpaired) electrons. The zero-order valence-corrected chi connectivity index (χ0v) is 22.3. The van der Waals surface area contributed by atoms with Gasteiger partial charge < -0.3 is 28.8 Å². The summed E-state index contributed by atoms with van der Waals surface area (Å²) in [4.78, 5) is 14.4. The monoisotopic (exact) mass is 521 g/mol. The van der Waals surface area contributed by atoms with Crippen molar-refractivity contribution in [1.29, 1.82) is 0 Å². The van der Waals surface area contributed by atoms with Gasteiger partial charge in [0.15, 0.2) is 23.0 Å². The third-order valence-corrected chi connectivity index (χ3v) is 6.90. The van der Waals surface area contributed by atoms with Crippen LogP contribution in [0.15, 0.2) is 60.7 Å². The first kappa shape index (κ1) is 27.1. The number of carboxylic acid groups (broad SMARTS) is 1. The van der Waals surface area contributed by atoms with Crippen molar-refractivity contribution in [2.75, 3.05) is 35.0 Å². The highest BCUT2D eigenvalue weighted by molar-refractivity contribution is 5.74. The van der Waals surface area contributed by atoms with Gasteiger partial charge in [-0.2, -0.15) is 0 Å². The Kier molecular flexibility index (Phi) is 8.97. The predicted octanol–water partition coefficient (Wildman–Crippen LogP) is 5.33. The molecule has 1 N–H and O–H groups in total. The van der Waals surface area contributed by atoms with E-state index in [1.54, 1.807) is 28.4 Å². The van der Waals surface area contributed by atoms with Gasteiger partial charge in [-0.15, -0.1) is 0 Å². The average Bonchev–Trinajstić information content (AvgIpc) is 2.96. The SMILES string of the molecule is COc1cc(C(c2cc(OC)c(OC)c(OC)c2)N2CCCCC2C(=O)O)ccc1OCc1ccccc1. The van der Waals surface area contributed by atoms with E-state index >= 15 is 0 Å². The summed E-state index contributed by atoms with van der Waals surface area (Å²) in [5.74, 6) is 1.83. The van der Waals surface area contributed by atoms with Gasteiger partial charge in [0.2, 0.25) is 5.75 Å². The zero-order chi connectivity index (χ0) is 27.1. The fourth-order valence-corrected chi connectivity index (χ4v) is 5.07. The van der Waals surface area contributed by atoms with Gasteiger partial charge in [0.25, 0.3) is 0 Å². The Morgan fingerprint density at radius 1 is 0.842 bits per heavy atom. The number of hydrogen-bond acceptors (Lipinski definition) is 7. The Bertz CT molecular complexity index is 1210. The van der Waals surface area contributed by atoms with Gasteiger partial charge >= 0.3 is 5.97 Å². The van der Waals surface area contributed by atoms with Crippen molar-refractivity contribution in [3.8, 4) is 28.7 Å². The van der Waals surface area contributed by atoms with Crippen LogP contribution in [0.25, 0.3) is 0 Å². The second kappa shape index (κ2) is 12.6. The highest BCUT2D eigenvalue weighted by atomic mass is 16.5. The van der Waals surface area contributed by atoms with Crippen LogP contribution in [-0.4, -0.2) is 57.0 Å². The van der Waals surface area contributed by atoms with Crippen molar-refractivity contribution in [2.45, 2.75) is 38.0 Å². The molecule has 0 aromatic heterocycles. The summed E-state index contributed by atoms with van der Waals surface area (Å²) < 4.78 is 28.6. The van der Waals surface area contributed by atoms with E-state index in [4.69, 9.17) is 23.7 Å². The number of likely N-dealkylation sites (tertiary alicyclic amines) is 1. The quantitative estimate of drug-likeness (QED) is 0.362. The minimum Gasteiger partial charge on any atom is -0.493 e. The molecule has 1 heterocycles. The minimum atomic E-state index is -0.836. The normalized spacial score (nSPS) is 16.4. The Morgan fingerprint density at radius 3 is 2.11 bits per heavy atom. The van der Waals surface area contributed by atoms with E-state index in [0.29, 0.717) is 48.3 Å². The van der Waals surface area contributed by atoms with Crippen LogP contribution in [0, 0.1) is 0 Å². The van der Waals surface area contributed by atoms with Gasteiger partial charge in [-0.1, -0.05) is 42.8 Å². The smallest absolute Gasteiger partial charge is 0.320 e. The van der Waals surface area contributed by atoms with Crippen molar-refractivity contribution >= 4 is 5.97 Å². The molecule has 202 valence electrons. The van der Waals surface area contributed by atoms with Crippen LogP contribution in [0.2, 0.25) is 0 Å². The Balaban J connectivity index is 1.79. The number of nitrogens with zero attached hydrogens (tertiary/aromatic N) is 1. The van der Waals surface area contributed by atoms with Crippen molar-refractivity contribution in [3.05, 3.63) is 77.4 Å². The topological polar surface area (TPSA) is 86.7 Å². The first-order valence-electron chi connectivity index (χ1n) is 12.6. The third-order valence-electron chi connectivity index (χ3n) is 6.90. The summed E-state index contributed by atoms with van der Waals surface area (Å²) in [5.41, 5.74) is 2.75. The van der Waals surface area contributed by atoms with Crippen LogP contribution < -0.4 is 23.7 Å². The molecule has 1 aliphatic rings. The third kappa shape index (κ3) is 5.81. The summed E-state index contributed by atoms with van der Waals surface area (Å²) in [6.45, 7) is 1.03. The summed E-state index contributed by atoms with van der Waals surface area (Å²) in [5, 5.41) is 10.1. The lowest BCUT2D eigenvalue weighted by Gasteiger charge is -2.40. The molecule has 0 bridgehead atoms. The molecule has 0 saturated carbocycles. The van der Waals surface area contributed by atoms with Gasteiger partial charge in [0.05, 0.1) is 34.5 Å². The standard InChI is InChI=1S/C30H35NO7/c1-34-25-16-21(13-14-24(25)38-19-20-10-6-5-7-11-20)28(31-15-9-8-12-23(31)30(32)33)22-17-26(35-2)29(37-4)27(18-22)36-3/h5-7,10-11,13-14,16-18,23,28H,8-9,12,15,19H2,1-4H3,(H,32,33).